The van der Waals surface area contributed by atoms with Crippen LogP contribution in [0.1, 0.15) is 57.8 Å². The number of ether oxygens (including phenoxy) is 5. The second kappa shape index (κ2) is 20.2. The molecule has 7 N–H and O–H groups in total. The van der Waals surface area contributed by atoms with Gasteiger partial charge in [-0.2, -0.15) is 11.8 Å². The van der Waals surface area contributed by atoms with E-state index in [2.05, 4.69) is 11.3 Å². The molecule has 246 valence electrons. The van der Waals surface area contributed by atoms with E-state index in [1.54, 1.807) is 11.8 Å². The highest BCUT2D eigenvalue weighted by Gasteiger charge is 2.50. The van der Waals surface area contributed by atoms with Gasteiger partial charge in [-0.15, -0.1) is 0 Å². The number of carbonyl (C=O) groups is 1. The average molecular weight is 627 g/mol. The number of carbonyl (C=O) groups excluding carboxylic acids is 1. The number of unbranched alkanes of at least 4 members (excludes halogenated alkanes) is 7. The highest BCUT2D eigenvalue weighted by Crippen LogP contribution is 2.29. The largest absolute Gasteiger partial charge is 0.469 e. The molecule has 2 aliphatic heterocycles. The molecule has 0 saturated carbocycles. The van der Waals surface area contributed by atoms with Gasteiger partial charge in [0.25, 0.3) is 0 Å². The van der Waals surface area contributed by atoms with Crippen molar-refractivity contribution in [2.24, 2.45) is 0 Å². The first-order valence-electron chi connectivity index (χ1n) is 14.7. The summed E-state index contributed by atoms with van der Waals surface area (Å²) in [6.07, 6.45) is -5.52. The number of rotatable bonds is 20. The summed E-state index contributed by atoms with van der Waals surface area (Å²) in [6.45, 7) is 2.76. The van der Waals surface area contributed by atoms with Crippen molar-refractivity contribution in [2.75, 3.05) is 38.4 Å². The molecule has 0 unspecified atom stereocenters. The minimum atomic E-state index is -1.73. The molecule has 10 atom stereocenters. The third kappa shape index (κ3) is 11.9. The van der Waals surface area contributed by atoms with Crippen molar-refractivity contribution in [3.8, 4) is 0 Å². The van der Waals surface area contributed by atoms with Crippen molar-refractivity contribution in [2.45, 2.75) is 119 Å². The maximum atomic E-state index is 11.1. The Morgan fingerprint density at radius 3 is 1.95 bits per heavy atom. The van der Waals surface area contributed by atoms with E-state index >= 15 is 0 Å². The Labute approximate surface area is 251 Å². The van der Waals surface area contributed by atoms with Crippen LogP contribution in [0.4, 0.5) is 0 Å². The van der Waals surface area contributed by atoms with Gasteiger partial charge in [0.2, 0.25) is 0 Å². The Morgan fingerprint density at radius 1 is 0.762 bits per heavy atom. The van der Waals surface area contributed by atoms with Crippen molar-refractivity contribution < 1.29 is 64.2 Å². The van der Waals surface area contributed by atoms with Crippen LogP contribution in [0.15, 0.2) is 12.2 Å². The summed E-state index contributed by atoms with van der Waals surface area (Å²) >= 11 is 1.73. The van der Waals surface area contributed by atoms with Gasteiger partial charge in [-0.3, -0.25) is 4.79 Å². The first kappa shape index (κ1) is 37.3. The Kier molecular flexibility index (Phi) is 18.0. The van der Waals surface area contributed by atoms with Crippen LogP contribution < -0.4 is 0 Å². The van der Waals surface area contributed by atoms with Gasteiger partial charge in [-0.25, -0.2) is 0 Å². The Morgan fingerprint density at radius 2 is 1.33 bits per heavy atom. The molecule has 2 saturated heterocycles. The van der Waals surface area contributed by atoms with Crippen LogP contribution in [-0.4, -0.2) is 142 Å². The Hall–Kier alpha value is -0.880. The van der Waals surface area contributed by atoms with Gasteiger partial charge in [-0.1, -0.05) is 45.1 Å². The number of aliphatic hydroxyl groups excluding tert-OH is 7. The second-order valence-electron chi connectivity index (χ2n) is 10.8. The lowest BCUT2D eigenvalue weighted by Crippen LogP contribution is -2.64. The van der Waals surface area contributed by atoms with E-state index in [4.69, 9.17) is 18.9 Å². The molecular weight excluding hydrogens is 576 g/mol. The van der Waals surface area contributed by atoms with Crippen LogP contribution in [0.2, 0.25) is 0 Å². The zero-order valence-electron chi connectivity index (χ0n) is 24.4. The number of thioether (sulfide) groups is 1. The number of esters is 1. The summed E-state index contributed by atoms with van der Waals surface area (Å²) in [5, 5.41) is 70.6. The molecule has 0 aliphatic carbocycles. The monoisotopic (exact) mass is 626 g/mol. The maximum Gasteiger partial charge on any atom is 0.305 e. The van der Waals surface area contributed by atoms with Gasteiger partial charge in [0.1, 0.15) is 48.8 Å². The quantitative estimate of drug-likeness (QED) is 0.0522. The third-order valence-electron chi connectivity index (χ3n) is 7.37. The molecular formula is C28H50O13S. The predicted molar refractivity (Wildman–Crippen MR) is 152 cm³/mol. The fourth-order valence-electron chi connectivity index (χ4n) is 4.79. The van der Waals surface area contributed by atoms with Crippen LogP contribution in [0.25, 0.3) is 0 Å². The lowest BCUT2D eigenvalue weighted by atomic mass is 9.97. The number of methoxy groups -OCH3 is 1. The fraction of sp³-hybridized carbons (Fsp3) is 0.893. The lowest BCUT2D eigenvalue weighted by molar-refractivity contribution is -0.358. The van der Waals surface area contributed by atoms with E-state index in [0.717, 1.165) is 43.4 Å². The molecule has 0 spiro atoms. The minimum absolute atomic E-state index is 0.0633. The first-order valence-corrected chi connectivity index (χ1v) is 15.8. The molecule has 0 aromatic heterocycles. The highest BCUT2D eigenvalue weighted by molar-refractivity contribution is 7.99. The van der Waals surface area contributed by atoms with E-state index < -0.39 is 74.6 Å². The van der Waals surface area contributed by atoms with Crippen LogP contribution in [0.5, 0.6) is 0 Å². The van der Waals surface area contributed by atoms with Gasteiger partial charge >= 0.3 is 5.97 Å². The summed E-state index contributed by atoms with van der Waals surface area (Å²) in [5.41, 5.74) is 0.762. The molecule has 2 rings (SSSR count). The van der Waals surface area contributed by atoms with Gasteiger partial charge < -0.3 is 59.4 Å². The van der Waals surface area contributed by atoms with Gasteiger partial charge in [-0.05, 0) is 24.2 Å². The van der Waals surface area contributed by atoms with Crippen LogP contribution in [-0.2, 0) is 28.5 Å². The zero-order chi connectivity index (χ0) is 31.1. The lowest BCUT2D eigenvalue weighted by Gasteiger charge is -2.45. The van der Waals surface area contributed by atoms with E-state index in [0.29, 0.717) is 12.2 Å². The van der Waals surface area contributed by atoms with Crippen molar-refractivity contribution in [1.82, 2.24) is 0 Å². The standard InChI is InChI=1S/C28H50O13S/c1-17(16-42-12-10-8-6-4-3-5-7-9-11-20(31)37-2)15-38-27-25(36)23(34)26(19(14-30)40-27)41-28-24(35)22(33)21(32)18(13-29)39-28/h18-19,21-30,32-36H,1,3-16H2,2H3/t18-,19-,21+,22+,23-,24-,25-,26-,27+,28+/m1/s1. The van der Waals surface area contributed by atoms with Crippen molar-refractivity contribution in [3.05, 3.63) is 12.2 Å². The summed E-state index contributed by atoms with van der Waals surface area (Å²) in [6, 6.07) is 0. The van der Waals surface area contributed by atoms with E-state index in [9.17, 15) is 40.5 Å². The third-order valence-corrected chi connectivity index (χ3v) is 8.56. The van der Waals surface area contributed by atoms with Gasteiger partial charge in [0, 0.05) is 12.2 Å². The van der Waals surface area contributed by atoms with Crippen molar-refractivity contribution in [3.63, 3.8) is 0 Å². The highest BCUT2D eigenvalue weighted by atomic mass is 32.2. The SMILES string of the molecule is C=C(CO[C@H]1O[C@H](CO)[C@@H](O[C@@H]2O[C@H](CO)[C@H](O)[C@H](O)[C@H]2O)[C@H](O)[C@H]1O)CSCCCCCCCCCCC(=O)OC. The molecule has 0 radical (unpaired) electrons. The van der Waals surface area contributed by atoms with Crippen LogP contribution in [0.3, 0.4) is 0 Å². The topological polar surface area (TPSA) is 205 Å². The molecule has 0 bridgehead atoms. The number of aliphatic hydroxyl groups is 7. The summed E-state index contributed by atoms with van der Waals surface area (Å²) in [7, 11) is 1.41. The van der Waals surface area contributed by atoms with Gasteiger partial charge in [0.15, 0.2) is 12.6 Å². The molecule has 42 heavy (non-hydrogen) atoms. The summed E-state index contributed by atoms with van der Waals surface area (Å²) in [4.78, 5) is 11.1. The number of hydrogen-bond donors (Lipinski definition) is 7. The second-order valence-corrected chi connectivity index (χ2v) is 11.9. The summed E-state index contributed by atoms with van der Waals surface area (Å²) < 4.78 is 26.7. The summed E-state index contributed by atoms with van der Waals surface area (Å²) in [5.74, 6) is 1.48. The number of hydrogen-bond acceptors (Lipinski definition) is 14. The molecule has 0 aromatic rings. The Bertz CT molecular complexity index is 770. The maximum absolute atomic E-state index is 11.1. The molecule has 0 amide bonds. The Balaban J connectivity index is 1.63. The molecule has 2 aliphatic rings. The minimum Gasteiger partial charge on any atom is -0.469 e. The predicted octanol–water partition coefficient (Wildman–Crippen LogP) is -0.400. The molecule has 0 aromatic carbocycles. The van der Waals surface area contributed by atoms with Crippen molar-refractivity contribution >= 4 is 17.7 Å². The molecule has 2 fully saturated rings. The molecule has 2 heterocycles. The van der Waals surface area contributed by atoms with Crippen LogP contribution in [0, 0.1) is 0 Å². The first-order chi connectivity index (χ1) is 20.1. The fourth-order valence-corrected chi connectivity index (χ4v) is 5.71. The molecule has 13 nitrogen and oxygen atoms in total. The van der Waals surface area contributed by atoms with Crippen LogP contribution >= 0.6 is 11.8 Å². The zero-order valence-corrected chi connectivity index (χ0v) is 25.2. The van der Waals surface area contributed by atoms with Gasteiger partial charge in [0.05, 0.1) is 26.9 Å². The van der Waals surface area contributed by atoms with E-state index in [1.807, 2.05) is 0 Å². The van der Waals surface area contributed by atoms with E-state index in [-0.39, 0.29) is 12.6 Å². The smallest absolute Gasteiger partial charge is 0.305 e. The average Bonchev–Trinajstić information content (AvgIpc) is 2.99. The molecule has 14 heteroatoms. The van der Waals surface area contributed by atoms with Crippen molar-refractivity contribution in [1.29, 1.82) is 0 Å². The normalized spacial score (nSPS) is 33.4. The van der Waals surface area contributed by atoms with E-state index in [1.165, 1.54) is 26.4 Å².